The number of amides is 1. The summed E-state index contributed by atoms with van der Waals surface area (Å²) >= 11 is 0. The summed E-state index contributed by atoms with van der Waals surface area (Å²) in [5.41, 5.74) is 5.50. The van der Waals surface area contributed by atoms with Crippen molar-refractivity contribution in [2.75, 3.05) is 45.9 Å². The molecule has 2 rings (SSSR count). The van der Waals surface area contributed by atoms with Gasteiger partial charge in [0.1, 0.15) is 0 Å². The average Bonchev–Trinajstić information content (AvgIpc) is 2.90. The lowest BCUT2D eigenvalue weighted by Gasteiger charge is -2.35. The van der Waals surface area contributed by atoms with E-state index in [1.165, 1.54) is 12.8 Å². The smallest absolute Gasteiger partial charge is 0.228 e. The molecule has 2 fully saturated rings. The zero-order valence-corrected chi connectivity index (χ0v) is 12.7. The maximum Gasteiger partial charge on any atom is 0.228 e. The Labute approximate surface area is 122 Å². The molecule has 0 aromatic heterocycles. The fourth-order valence-corrected chi connectivity index (χ4v) is 3.10. The first-order chi connectivity index (χ1) is 9.70. The molecule has 2 aliphatic heterocycles. The van der Waals surface area contributed by atoms with Crippen LogP contribution in [0.1, 0.15) is 32.6 Å². The molecule has 0 saturated carbocycles. The molecule has 20 heavy (non-hydrogen) atoms. The van der Waals surface area contributed by atoms with Gasteiger partial charge in [0.15, 0.2) is 0 Å². The van der Waals surface area contributed by atoms with E-state index in [2.05, 4.69) is 4.90 Å². The molecule has 2 aliphatic rings. The molecule has 0 aromatic rings. The number of ether oxygens (including phenoxy) is 1. The standard InChI is InChI=1S/C15H29N3O2/c1-13-11-14(12-20-13)15(19)18-9-7-17(8-10-18)6-4-2-3-5-16/h13-14H,2-12,16H2,1H3. The summed E-state index contributed by atoms with van der Waals surface area (Å²) < 4.78 is 5.51. The van der Waals surface area contributed by atoms with Crippen molar-refractivity contribution in [2.45, 2.75) is 38.7 Å². The Morgan fingerprint density at radius 1 is 1.20 bits per heavy atom. The number of rotatable bonds is 6. The molecule has 0 aromatic carbocycles. The third kappa shape index (κ3) is 4.43. The second-order valence-electron chi connectivity index (χ2n) is 6.09. The molecule has 116 valence electrons. The maximum atomic E-state index is 12.4. The highest BCUT2D eigenvalue weighted by Gasteiger charge is 2.32. The number of piperazine rings is 1. The molecule has 0 bridgehead atoms. The van der Waals surface area contributed by atoms with Crippen LogP contribution in [0.5, 0.6) is 0 Å². The lowest BCUT2D eigenvalue weighted by molar-refractivity contribution is -0.137. The minimum Gasteiger partial charge on any atom is -0.378 e. The van der Waals surface area contributed by atoms with Crippen LogP contribution in [-0.2, 0) is 9.53 Å². The van der Waals surface area contributed by atoms with Gasteiger partial charge in [-0.3, -0.25) is 9.69 Å². The molecule has 5 nitrogen and oxygen atoms in total. The number of carbonyl (C=O) groups excluding carboxylic acids is 1. The molecule has 0 aliphatic carbocycles. The van der Waals surface area contributed by atoms with Gasteiger partial charge in [0.2, 0.25) is 5.91 Å². The molecule has 2 atom stereocenters. The molecule has 2 N–H and O–H groups in total. The van der Waals surface area contributed by atoms with Crippen LogP contribution in [0.4, 0.5) is 0 Å². The summed E-state index contributed by atoms with van der Waals surface area (Å²) in [4.78, 5) is 16.9. The first kappa shape index (κ1) is 15.7. The largest absolute Gasteiger partial charge is 0.378 e. The van der Waals surface area contributed by atoms with E-state index >= 15 is 0 Å². The zero-order chi connectivity index (χ0) is 14.4. The van der Waals surface area contributed by atoms with Crippen molar-refractivity contribution < 1.29 is 9.53 Å². The van der Waals surface area contributed by atoms with E-state index in [-0.39, 0.29) is 12.0 Å². The fraction of sp³-hybridized carbons (Fsp3) is 0.933. The van der Waals surface area contributed by atoms with Crippen LogP contribution >= 0.6 is 0 Å². The van der Waals surface area contributed by atoms with Gasteiger partial charge in [-0.2, -0.15) is 0 Å². The average molecular weight is 283 g/mol. The Morgan fingerprint density at radius 2 is 1.95 bits per heavy atom. The third-order valence-electron chi connectivity index (χ3n) is 4.41. The van der Waals surface area contributed by atoms with Crippen LogP contribution in [0.3, 0.4) is 0 Å². The fourth-order valence-electron chi connectivity index (χ4n) is 3.10. The van der Waals surface area contributed by atoms with Gasteiger partial charge in [0, 0.05) is 26.2 Å². The van der Waals surface area contributed by atoms with Crippen molar-refractivity contribution >= 4 is 5.91 Å². The van der Waals surface area contributed by atoms with Crippen molar-refractivity contribution in [1.29, 1.82) is 0 Å². The highest BCUT2D eigenvalue weighted by atomic mass is 16.5. The number of unbranched alkanes of at least 4 members (excludes halogenated alkanes) is 2. The second-order valence-corrected chi connectivity index (χ2v) is 6.09. The van der Waals surface area contributed by atoms with Crippen LogP contribution in [0.25, 0.3) is 0 Å². The van der Waals surface area contributed by atoms with Crippen LogP contribution in [0.2, 0.25) is 0 Å². The molecule has 5 heteroatoms. The Morgan fingerprint density at radius 3 is 2.55 bits per heavy atom. The number of hydrogen-bond donors (Lipinski definition) is 1. The van der Waals surface area contributed by atoms with E-state index in [1.807, 2.05) is 11.8 Å². The summed E-state index contributed by atoms with van der Waals surface area (Å²) in [5, 5.41) is 0. The molecule has 2 heterocycles. The van der Waals surface area contributed by atoms with E-state index in [0.29, 0.717) is 12.5 Å². The molecule has 2 saturated heterocycles. The van der Waals surface area contributed by atoms with E-state index in [9.17, 15) is 4.79 Å². The Bertz CT molecular complexity index is 303. The van der Waals surface area contributed by atoms with Gasteiger partial charge in [-0.15, -0.1) is 0 Å². The van der Waals surface area contributed by atoms with Crippen molar-refractivity contribution in [3.8, 4) is 0 Å². The second kappa shape index (κ2) is 7.96. The summed E-state index contributed by atoms with van der Waals surface area (Å²) in [6.07, 6.45) is 4.69. The van der Waals surface area contributed by atoms with Crippen molar-refractivity contribution in [1.82, 2.24) is 9.80 Å². The third-order valence-corrected chi connectivity index (χ3v) is 4.41. The first-order valence-electron chi connectivity index (χ1n) is 8.03. The van der Waals surface area contributed by atoms with Gasteiger partial charge < -0.3 is 15.4 Å². The SMILES string of the molecule is CC1CC(C(=O)N2CCN(CCCCCN)CC2)CO1. The topological polar surface area (TPSA) is 58.8 Å². The first-order valence-corrected chi connectivity index (χ1v) is 8.03. The molecular weight excluding hydrogens is 254 g/mol. The van der Waals surface area contributed by atoms with Crippen LogP contribution in [0.15, 0.2) is 0 Å². The van der Waals surface area contributed by atoms with Gasteiger partial charge in [0.25, 0.3) is 0 Å². The van der Waals surface area contributed by atoms with Crippen molar-refractivity contribution in [2.24, 2.45) is 11.7 Å². The van der Waals surface area contributed by atoms with Gasteiger partial charge >= 0.3 is 0 Å². The summed E-state index contributed by atoms with van der Waals surface area (Å²) in [7, 11) is 0. The monoisotopic (exact) mass is 283 g/mol. The Kier molecular flexibility index (Phi) is 6.26. The minimum atomic E-state index is 0.0982. The lowest BCUT2D eigenvalue weighted by atomic mass is 10.0. The van der Waals surface area contributed by atoms with Crippen molar-refractivity contribution in [3.63, 3.8) is 0 Å². The maximum absolute atomic E-state index is 12.4. The van der Waals surface area contributed by atoms with Crippen LogP contribution in [-0.4, -0.2) is 67.7 Å². The minimum absolute atomic E-state index is 0.0982. The number of hydrogen-bond acceptors (Lipinski definition) is 4. The van der Waals surface area contributed by atoms with E-state index in [1.54, 1.807) is 0 Å². The normalized spacial score (nSPS) is 28.0. The zero-order valence-electron chi connectivity index (χ0n) is 12.7. The van der Waals surface area contributed by atoms with E-state index < -0.39 is 0 Å². The van der Waals surface area contributed by atoms with Gasteiger partial charge in [-0.05, 0) is 39.3 Å². The molecule has 0 radical (unpaired) electrons. The number of carbonyl (C=O) groups is 1. The van der Waals surface area contributed by atoms with E-state index in [0.717, 1.165) is 52.1 Å². The quantitative estimate of drug-likeness (QED) is 0.729. The molecular formula is C15H29N3O2. The highest BCUT2D eigenvalue weighted by Crippen LogP contribution is 2.21. The molecule has 0 spiro atoms. The molecule has 2 unspecified atom stereocenters. The van der Waals surface area contributed by atoms with Gasteiger partial charge in [-0.1, -0.05) is 6.42 Å². The summed E-state index contributed by atoms with van der Waals surface area (Å²) in [5.74, 6) is 0.401. The number of nitrogens with two attached hydrogens (primary N) is 1. The van der Waals surface area contributed by atoms with Gasteiger partial charge in [0.05, 0.1) is 18.6 Å². The molecule has 1 amide bonds. The Balaban J connectivity index is 1.64. The lowest BCUT2D eigenvalue weighted by Crippen LogP contribution is -2.50. The van der Waals surface area contributed by atoms with Crippen LogP contribution < -0.4 is 5.73 Å². The number of nitrogens with zero attached hydrogens (tertiary/aromatic N) is 2. The summed E-state index contributed by atoms with van der Waals surface area (Å²) in [6.45, 7) is 8.37. The predicted octanol–water partition coefficient (Wildman–Crippen LogP) is 0.685. The van der Waals surface area contributed by atoms with Gasteiger partial charge in [-0.25, -0.2) is 0 Å². The Hall–Kier alpha value is -0.650. The highest BCUT2D eigenvalue weighted by molar-refractivity contribution is 5.79. The predicted molar refractivity (Wildman–Crippen MR) is 79.4 cm³/mol. The van der Waals surface area contributed by atoms with Crippen molar-refractivity contribution in [3.05, 3.63) is 0 Å². The van der Waals surface area contributed by atoms with E-state index in [4.69, 9.17) is 10.5 Å². The summed E-state index contributed by atoms with van der Waals surface area (Å²) in [6, 6.07) is 0. The van der Waals surface area contributed by atoms with Crippen LogP contribution in [0, 0.1) is 5.92 Å².